The zero-order valence-corrected chi connectivity index (χ0v) is 16.0. The Kier molecular flexibility index (Phi) is 7.00. The van der Waals surface area contributed by atoms with Crippen molar-refractivity contribution in [3.63, 3.8) is 0 Å². The molecule has 0 fully saturated rings. The smallest absolute Gasteiger partial charge is 0.246 e. The molecule has 2 rings (SSSR count). The number of ether oxygens (including phenoxy) is 2. The highest BCUT2D eigenvalue weighted by Crippen LogP contribution is 2.30. The predicted molar refractivity (Wildman–Crippen MR) is 100 cm³/mol. The molecule has 0 saturated heterocycles. The average Bonchev–Trinajstić information content (AvgIpc) is 3.00. The number of amides is 1. The molecule has 7 heteroatoms. The molecule has 0 unspecified atom stereocenters. The number of carbonyl (C=O) groups is 1. The monoisotopic (exact) mass is 369 g/mol. The Labute approximate surface area is 158 Å². The van der Waals surface area contributed by atoms with Crippen molar-refractivity contribution < 1.29 is 18.8 Å². The second-order valence-corrected chi connectivity index (χ2v) is 6.00. The summed E-state index contributed by atoms with van der Waals surface area (Å²) in [5.41, 5.74) is 2.51. The maximum absolute atomic E-state index is 12.0. The summed E-state index contributed by atoms with van der Waals surface area (Å²) in [6, 6.07) is 7.44. The molecule has 1 aromatic carbocycles. The van der Waals surface area contributed by atoms with Gasteiger partial charge in [-0.1, -0.05) is 11.2 Å². The standard InChI is InChI=1S/C20H23N3O4/c1-14-17(15(2)27-22-14)13-26-18-8-6-16(12-19(18)25-4)7-9-20(24)23(3)11-5-10-21/h6-9,12H,5,11,13H2,1-4H3/b9-7+. The molecule has 142 valence electrons. The van der Waals surface area contributed by atoms with Crippen molar-refractivity contribution >= 4 is 12.0 Å². The van der Waals surface area contributed by atoms with Crippen LogP contribution in [0.2, 0.25) is 0 Å². The molecule has 7 nitrogen and oxygen atoms in total. The quantitative estimate of drug-likeness (QED) is 0.664. The lowest BCUT2D eigenvalue weighted by molar-refractivity contribution is -0.124. The lowest BCUT2D eigenvalue weighted by Crippen LogP contribution is -2.25. The summed E-state index contributed by atoms with van der Waals surface area (Å²) >= 11 is 0. The maximum atomic E-state index is 12.0. The highest BCUT2D eigenvalue weighted by Gasteiger charge is 2.12. The zero-order valence-electron chi connectivity index (χ0n) is 16.0. The van der Waals surface area contributed by atoms with Gasteiger partial charge in [-0.2, -0.15) is 5.26 Å². The minimum Gasteiger partial charge on any atom is -0.493 e. The predicted octanol–water partition coefficient (Wildman–Crippen LogP) is 3.26. The van der Waals surface area contributed by atoms with Gasteiger partial charge in [0.15, 0.2) is 11.5 Å². The van der Waals surface area contributed by atoms with Gasteiger partial charge in [0.25, 0.3) is 0 Å². The van der Waals surface area contributed by atoms with E-state index in [4.69, 9.17) is 19.3 Å². The van der Waals surface area contributed by atoms with Gasteiger partial charge in [0.05, 0.1) is 30.9 Å². The van der Waals surface area contributed by atoms with E-state index in [1.165, 1.54) is 11.0 Å². The van der Waals surface area contributed by atoms with Gasteiger partial charge in [-0.3, -0.25) is 4.79 Å². The number of aromatic nitrogens is 1. The van der Waals surface area contributed by atoms with Crippen LogP contribution in [0.15, 0.2) is 28.8 Å². The molecule has 2 aromatic rings. The zero-order chi connectivity index (χ0) is 19.8. The molecule has 1 heterocycles. The SMILES string of the molecule is COc1cc(/C=C/C(=O)N(C)CCC#N)ccc1OCc1c(C)noc1C. The van der Waals surface area contributed by atoms with E-state index in [-0.39, 0.29) is 5.91 Å². The van der Waals surface area contributed by atoms with Gasteiger partial charge in [-0.25, -0.2) is 0 Å². The fourth-order valence-corrected chi connectivity index (χ4v) is 2.39. The molecule has 0 atom stereocenters. The molecule has 0 saturated carbocycles. The van der Waals surface area contributed by atoms with Crippen LogP contribution >= 0.6 is 0 Å². The van der Waals surface area contributed by atoms with E-state index in [0.29, 0.717) is 31.1 Å². The number of benzene rings is 1. The molecule has 1 aromatic heterocycles. The van der Waals surface area contributed by atoms with E-state index in [9.17, 15) is 4.79 Å². The van der Waals surface area contributed by atoms with Crippen LogP contribution in [0.5, 0.6) is 11.5 Å². The molecule has 0 radical (unpaired) electrons. The number of carbonyl (C=O) groups excluding carboxylic acids is 1. The molecule has 0 N–H and O–H groups in total. The largest absolute Gasteiger partial charge is 0.493 e. The topological polar surface area (TPSA) is 88.6 Å². The van der Waals surface area contributed by atoms with Crippen molar-refractivity contribution in [3.8, 4) is 17.6 Å². The van der Waals surface area contributed by atoms with Gasteiger partial charge in [0, 0.05) is 19.7 Å². The van der Waals surface area contributed by atoms with Crippen LogP contribution in [0.4, 0.5) is 0 Å². The van der Waals surface area contributed by atoms with Crippen molar-refractivity contribution in [2.45, 2.75) is 26.9 Å². The lowest BCUT2D eigenvalue weighted by atomic mass is 10.1. The van der Waals surface area contributed by atoms with Gasteiger partial charge in [-0.05, 0) is 37.6 Å². The second-order valence-electron chi connectivity index (χ2n) is 6.00. The lowest BCUT2D eigenvalue weighted by Gasteiger charge is -2.13. The number of nitrogens with zero attached hydrogens (tertiary/aromatic N) is 3. The fourth-order valence-electron chi connectivity index (χ4n) is 2.39. The molecule has 0 bridgehead atoms. The Hall–Kier alpha value is -3.27. The summed E-state index contributed by atoms with van der Waals surface area (Å²) in [4.78, 5) is 13.5. The average molecular weight is 369 g/mol. The number of nitriles is 1. The first kappa shape index (κ1) is 20.0. The molecule has 0 aliphatic heterocycles. The molecule has 0 spiro atoms. The van der Waals surface area contributed by atoms with Crippen molar-refractivity contribution in [2.24, 2.45) is 0 Å². The molecule has 27 heavy (non-hydrogen) atoms. The van der Waals surface area contributed by atoms with Crippen LogP contribution in [0.3, 0.4) is 0 Å². The molecular weight excluding hydrogens is 346 g/mol. The van der Waals surface area contributed by atoms with Gasteiger partial charge in [0.1, 0.15) is 12.4 Å². The minimum atomic E-state index is -0.164. The number of methoxy groups -OCH3 is 1. The van der Waals surface area contributed by atoms with Crippen molar-refractivity contribution in [2.75, 3.05) is 20.7 Å². The summed E-state index contributed by atoms with van der Waals surface area (Å²) in [7, 11) is 3.22. The van der Waals surface area contributed by atoms with Crippen LogP contribution in [-0.4, -0.2) is 36.7 Å². The number of likely N-dealkylation sites (N-methyl/N-ethyl adjacent to an activating group) is 1. The van der Waals surface area contributed by atoms with E-state index in [0.717, 1.165) is 22.6 Å². The fraction of sp³-hybridized carbons (Fsp3) is 0.350. The van der Waals surface area contributed by atoms with E-state index in [2.05, 4.69) is 5.16 Å². The summed E-state index contributed by atoms with van der Waals surface area (Å²) in [6.45, 7) is 4.44. The Bertz CT molecular complexity index is 845. The highest BCUT2D eigenvalue weighted by atomic mass is 16.5. The molecule has 0 aliphatic rings. The molecule has 0 aliphatic carbocycles. The normalized spacial score (nSPS) is 10.6. The Morgan fingerprint density at radius 1 is 1.37 bits per heavy atom. The van der Waals surface area contributed by atoms with E-state index >= 15 is 0 Å². The van der Waals surface area contributed by atoms with Crippen LogP contribution in [0, 0.1) is 25.2 Å². The summed E-state index contributed by atoms with van der Waals surface area (Å²) in [5.74, 6) is 1.72. The number of hydrogen-bond acceptors (Lipinski definition) is 6. The third-order valence-corrected chi connectivity index (χ3v) is 4.09. The molecular formula is C20H23N3O4. The van der Waals surface area contributed by atoms with Gasteiger partial charge in [0.2, 0.25) is 5.91 Å². The van der Waals surface area contributed by atoms with Gasteiger partial charge >= 0.3 is 0 Å². The molecule has 1 amide bonds. The van der Waals surface area contributed by atoms with E-state index in [1.54, 1.807) is 32.4 Å². The number of aryl methyl sites for hydroxylation is 2. The summed E-state index contributed by atoms with van der Waals surface area (Å²) < 4.78 is 16.4. The highest BCUT2D eigenvalue weighted by molar-refractivity contribution is 5.91. The van der Waals surface area contributed by atoms with Crippen molar-refractivity contribution in [3.05, 3.63) is 46.9 Å². The Morgan fingerprint density at radius 2 is 2.15 bits per heavy atom. The van der Waals surface area contributed by atoms with Crippen molar-refractivity contribution in [1.29, 1.82) is 5.26 Å². The van der Waals surface area contributed by atoms with Crippen LogP contribution < -0.4 is 9.47 Å². The summed E-state index contributed by atoms with van der Waals surface area (Å²) in [6.07, 6.45) is 3.48. The first-order valence-corrected chi connectivity index (χ1v) is 8.49. The maximum Gasteiger partial charge on any atom is 0.246 e. The Morgan fingerprint density at radius 3 is 2.78 bits per heavy atom. The summed E-state index contributed by atoms with van der Waals surface area (Å²) in [5, 5.41) is 12.5. The van der Waals surface area contributed by atoms with Gasteiger partial charge < -0.3 is 18.9 Å². The van der Waals surface area contributed by atoms with Crippen LogP contribution in [0.25, 0.3) is 6.08 Å². The second kappa shape index (κ2) is 9.43. The third-order valence-electron chi connectivity index (χ3n) is 4.09. The number of rotatable bonds is 8. The first-order valence-electron chi connectivity index (χ1n) is 8.49. The first-order chi connectivity index (χ1) is 13.0. The third kappa shape index (κ3) is 5.35. The Balaban J connectivity index is 2.06. The van der Waals surface area contributed by atoms with Crippen LogP contribution in [-0.2, 0) is 11.4 Å². The van der Waals surface area contributed by atoms with Crippen LogP contribution in [0.1, 0.15) is 29.0 Å². The number of hydrogen-bond donors (Lipinski definition) is 0. The van der Waals surface area contributed by atoms with E-state index in [1.807, 2.05) is 26.0 Å². The minimum absolute atomic E-state index is 0.164. The van der Waals surface area contributed by atoms with E-state index < -0.39 is 0 Å². The van der Waals surface area contributed by atoms with Crippen molar-refractivity contribution in [1.82, 2.24) is 10.1 Å². The van der Waals surface area contributed by atoms with Gasteiger partial charge in [-0.15, -0.1) is 0 Å².